The van der Waals surface area contributed by atoms with Crippen LogP contribution in [0.1, 0.15) is 22.3 Å². The SMILES string of the molecule is COc1cc(OC)cc(C(=O)NN2C[C@H](C(=O)OCC(=O)Nc3ccc(C)c(Cl)c3)CC2=O)c1. The molecule has 180 valence electrons. The smallest absolute Gasteiger partial charge is 0.311 e. The van der Waals surface area contributed by atoms with Gasteiger partial charge in [-0.15, -0.1) is 0 Å². The molecular formula is C23H24ClN3O7. The first-order valence-electron chi connectivity index (χ1n) is 10.3. The molecule has 2 aromatic rings. The van der Waals surface area contributed by atoms with Gasteiger partial charge in [0.2, 0.25) is 5.91 Å². The Bertz CT molecular complexity index is 1100. The maximum Gasteiger partial charge on any atom is 0.311 e. The quantitative estimate of drug-likeness (QED) is 0.545. The Labute approximate surface area is 201 Å². The highest BCUT2D eigenvalue weighted by Crippen LogP contribution is 2.24. The average molecular weight is 490 g/mol. The average Bonchev–Trinajstić information content (AvgIpc) is 3.19. The number of methoxy groups -OCH3 is 2. The van der Waals surface area contributed by atoms with Gasteiger partial charge in [-0.1, -0.05) is 17.7 Å². The highest BCUT2D eigenvalue weighted by atomic mass is 35.5. The van der Waals surface area contributed by atoms with E-state index >= 15 is 0 Å². The van der Waals surface area contributed by atoms with Crippen LogP contribution in [0.4, 0.5) is 5.69 Å². The summed E-state index contributed by atoms with van der Waals surface area (Å²) in [4.78, 5) is 49.3. The Balaban J connectivity index is 1.52. The van der Waals surface area contributed by atoms with Crippen molar-refractivity contribution in [3.8, 4) is 11.5 Å². The van der Waals surface area contributed by atoms with Gasteiger partial charge in [0.05, 0.1) is 26.7 Å². The molecule has 34 heavy (non-hydrogen) atoms. The zero-order valence-corrected chi connectivity index (χ0v) is 19.6. The minimum Gasteiger partial charge on any atom is -0.497 e. The molecule has 0 saturated carbocycles. The Kier molecular flexibility index (Phi) is 7.95. The standard InChI is InChI=1S/C23H24ClN3O7/c1-13-4-5-16(9-19(13)24)25-20(28)12-34-23(31)15-8-21(29)27(11-15)26-22(30)14-6-17(32-2)10-18(7-14)33-3/h4-7,9-10,15H,8,11-12H2,1-3H3,(H,25,28)(H,26,30)/t15-/m1/s1. The van der Waals surface area contributed by atoms with Crippen LogP contribution >= 0.6 is 11.6 Å². The van der Waals surface area contributed by atoms with Crippen molar-refractivity contribution in [2.24, 2.45) is 5.92 Å². The summed E-state index contributed by atoms with van der Waals surface area (Å²) in [5.41, 5.74) is 4.01. The molecule has 2 aromatic carbocycles. The van der Waals surface area contributed by atoms with Crippen molar-refractivity contribution in [3.63, 3.8) is 0 Å². The summed E-state index contributed by atoms with van der Waals surface area (Å²) >= 11 is 6.03. The van der Waals surface area contributed by atoms with Crippen LogP contribution < -0.4 is 20.2 Å². The molecule has 0 bridgehead atoms. The van der Waals surface area contributed by atoms with E-state index in [4.69, 9.17) is 25.8 Å². The molecule has 0 unspecified atom stereocenters. The molecule has 1 fully saturated rings. The summed E-state index contributed by atoms with van der Waals surface area (Å²) in [6, 6.07) is 9.60. The Morgan fingerprint density at radius 2 is 1.76 bits per heavy atom. The first kappa shape index (κ1) is 24.8. The highest BCUT2D eigenvalue weighted by molar-refractivity contribution is 6.31. The largest absolute Gasteiger partial charge is 0.497 e. The van der Waals surface area contributed by atoms with Gasteiger partial charge in [-0.25, -0.2) is 0 Å². The summed E-state index contributed by atoms with van der Waals surface area (Å²) in [5.74, 6) is -2.30. The zero-order chi connectivity index (χ0) is 24.8. The second-order valence-electron chi connectivity index (χ2n) is 7.57. The minimum atomic E-state index is -0.825. The molecule has 11 heteroatoms. The van der Waals surface area contributed by atoms with Crippen LogP contribution in [0.15, 0.2) is 36.4 Å². The molecule has 0 aliphatic carbocycles. The van der Waals surface area contributed by atoms with E-state index in [9.17, 15) is 19.2 Å². The number of halogens is 1. The van der Waals surface area contributed by atoms with Gasteiger partial charge in [-0.3, -0.25) is 29.6 Å². The molecule has 1 heterocycles. The van der Waals surface area contributed by atoms with Gasteiger partial charge >= 0.3 is 5.97 Å². The summed E-state index contributed by atoms with van der Waals surface area (Å²) in [6.45, 7) is 1.22. The second-order valence-corrected chi connectivity index (χ2v) is 7.97. The summed E-state index contributed by atoms with van der Waals surface area (Å²) < 4.78 is 15.3. The predicted octanol–water partition coefficient (Wildman–Crippen LogP) is 2.34. The zero-order valence-electron chi connectivity index (χ0n) is 18.8. The predicted molar refractivity (Wildman–Crippen MR) is 123 cm³/mol. The van der Waals surface area contributed by atoms with E-state index in [1.165, 1.54) is 26.4 Å². The number of nitrogens with one attached hydrogen (secondary N) is 2. The highest BCUT2D eigenvalue weighted by Gasteiger charge is 2.36. The first-order valence-corrected chi connectivity index (χ1v) is 10.6. The van der Waals surface area contributed by atoms with Gasteiger partial charge in [0.25, 0.3) is 11.8 Å². The van der Waals surface area contributed by atoms with Crippen LogP contribution in [0.25, 0.3) is 0 Å². The maximum absolute atomic E-state index is 12.6. The molecule has 1 atom stereocenters. The van der Waals surface area contributed by atoms with Crippen molar-refractivity contribution in [1.29, 1.82) is 0 Å². The van der Waals surface area contributed by atoms with Gasteiger partial charge in [0, 0.05) is 28.8 Å². The van der Waals surface area contributed by atoms with Crippen molar-refractivity contribution < 1.29 is 33.4 Å². The topological polar surface area (TPSA) is 123 Å². The van der Waals surface area contributed by atoms with E-state index < -0.39 is 36.2 Å². The molecule has 1 aliphatic rings. The van der Waals surface area contributed by atoms with E-state index in [-0.39, 0.29) is 18.5 Å². The minimum absolute atomic E-state index is 0.0836. The lowest BCUT2D eigenvalue weighted by Gasteiger charge is -2.18. The van der Waals surface area contributed by atoms with Crippen LogP contribution in [0.3, 0.4) is 0 Å². The monoisotopic (exact) mass is 489 g/mol. The number of aryl methyl sites for hydroxylation is 1. The summed E-state index contributed by atoms with van der Waals surface area (Å²) in [7, 11) is 2.90. The molecule has 0 spiro atoms. The van der Waals surface area contributed by atoms with Gasteiger partial charge in [-0.2, -0.15) is 0 Å². The van der Waals surface area contributed by atoms with Crippen molar-refractivity contribution in [2.45, 2.75) is 13.3 Å². The van der Waals surface area contributed by atoms with Crippen molar-refractivity contribution in [3.05, 3.63) is 52.5 Å². The van der Waals surface area contributed by atoms with E-state index in [2.05, 4.69) is 10.7 Å². The van der Waals surface area contributed by atoms with Gasteiger partial charge in [0.15, 0.2) is 6.61 Å². The second kappa shape index (κ2) is 10.9. The maximum atomic E-state index is 12.6. The third-order valence-corrected chi connectivity index (χ3v) is 5.52. The Morgan fingerprint density at radius 3 is 2.38 bits per heavy atom. The number of hydrogen-bond acceptors (Lipinski definition) is 7. The van der Waals surface area contributed by atoms with E-state index in [1.54, 1.807) is 24.3 Å². The lowest BCUT2D eigenvalue weighted by Crippen LogP contribution is -2.43. The number of carbonyl (C=O) groups excluding carboxylic acids is 4. The summed E-state index contributed by atoms with van der Waals surface area (Å²) in [6.07, 6.45) is -0.157. The van der Waals surface area contributed by atoms with Gasteiger partial charge < -0.3 is 19.5 Å². The molecule has 1 saturated heterocycles. The summed E-state index contributed by atoms with van der Waals surface area (Å²) in [5, 5.41) is 4.13. The fourth-order valence-electron chi connectivity index (χ4n) is 3.22. The molecule has 3 rings (SSSR count). The molecule has 1 aliphatic heterocycles. The third-order valence-electron chi connectivity index (χ3n) is 5.11. The molecule has 0 aromatic heterocycles. The molecule has 2 N–H and O–H groups in total. The number of carbonyl (C=O) groups is 4. The fourth-order valence-corrected chi connectivity index (χ4v) is 3.40. The van der Waals surface area contributed by atoms with Crippen LogP contribution in [0.5, 0.6) is 11.5 Å². The van der Waals surface area contributed by atoms with Crippen LogP contribution in [-0.2, 0) is 19.1 Å². The van der Waals surface area contributed by atoms with Crippen LogP contribution in [0.2, 0.25) is 5.02 Å². The lowest BCUT2D eigenvalue weighted by atomic mass is 10.1. The van der Waals surface area contributed by atoms with Crippen LogP contribution in [-0.4, -0.2) is 56.1 Å². The number of anilines is 1. The van der Waals surface area contributed by atoms with Gasteiger partial charge in [-0.05, 0) is 36.8 Å². The van der Waals surface area contributed by atoms with E-state index in [0.717, 1.165) is 10.6 Å². The third kappa shape index (κ3) is 6.16. The number of amides is 3. The fraction of sp³-hybridized carbons (Fsp3) is 0.304. The number of hydrazine groups is 1. The Hall–Kier alpha value is -3.79. The number of benzene rings is 2. The van der Waals surface area contributed by atoms with Crippen molar-refractivity contribution in [1.82, 2.24) is 10.4 Å². The van der Waals surface area contributed by atoms with Crippen LogP contribution in [0, 0.1) is 12.8 Å². The number of esters is 1. The Morgan fingerprint density at radius 1 is 1.09 bits per heavy atom. The number of hydrogen-bond donors (Lipinski definition) is 2. The molecule has 3 amide bonds. The van der Waals surface area contributed by atoms with E-state index in [1.807, 2.05) is 6.92 Å². The molecule has 0 radical (unpaired) electrons. The number of nitrogens with zero attached hydrogens (tertiary/aromatic N) is 1. The number of ether oxygens (including phenoxy) is 3. The molecular weight excluding hydrogens is 466 g/mol. The number of rotatable bonds is 8. The first-order chi connectivity index (χ1) is 16.2. The van der Waals surface area contributed by atoms with Crippen molar-refractivity contribution >= 4 is 41.0 Å². The normalized spacial score (nSPS) is 15.0. The molecule has 10 nitrogen and oxygen atoms in total. The van der Waals surface area contributed by atoms with E-state index in [0.29, 0.717) is 22.2 Å². The lowest BCUT2D eigenvalue weighted by molar-refractivity contribution is -0.151. The van der Waals surface area contributed by atoms with Crippen molar-refractivity contribution in [2.75, 3.05) is 32.7 Å². The van der Waals surface area contributed by atoms with Gasteiger partial charge in [0.1, 0.15) is 11.5 Å².